The summed E-state index contributed by atoms with van der Waals surface area (Å²) in [7, 11) is 0. The molecule has 2 aromatic carbocycles. The number of likely N-dealkylation sites (tertiary alicyclic amines) is 3. The van der Waals surface area contributed by atoms with Crippen molar-refractivity contribution in [3.8, 4) is 5.75 Å². The van der Waals surface area contributed by atoms with Crippen molar-refractivity contribution in [2.24, 2.45) is 0 Å². The topological polar surface area (TPSA) is 36.0 Å². The SMILES string of the molecule is Cc1ccc(C)c([C@@]2(CCN3CCC(N4CCCCC4)CC3)CCCCN(C(=O)Cc3cccc(OC(C)C)c3)C2)c1. The molecule has 5 rings (SSSR count). The summed E-state index contributed by atoms with van der Waals surface area (Å²) in [4.78, 5) is 21.6. The lowest BCUT2D eigenvalue weighted by Crippen LogP contribution is -2.48. The first-order chi connectivity index (χ1) is 20.3. The summed E-state index contributed by atoms with van der Waals surface area (Å²) in [5, 5.41) is 0. The molecule has 2 aromatic rings. The third kappa shape index (κ3) is 7.96. The number of hydrogen-bond donors (Lipinski definition) is 0. The Hall–Kier alpha value is -2.37. The molecule has 42 heavy (non-hydrogen) atoms. The molecule has 0 spiro atoms. The van der Waals surface area contributed by atoms with E-state index in [0.717, 1.165) is 56.3 Å². The van der Waals surface area contributed by atoms with E-state index in [9.17, 15) is 4.79 Å². The van der Waals surface area contributed by atoms with Crippen LogP contribution < -0.4 is 4.74 Å². The van der Waals surface area contributed by atoms with Gasteiger partial charge in [0, 0.05) is 24.5 Å². The summed E-state index contributed by atoms with van der Waals surface area (Å²) < 4.78 is 5.92. The fraction of sp³-hybridized carbons (Fsp3) is 0.649. The molecular formula is C37H55N3O2. The number of rotatable bonds is 9. The zero-order valence-corrected chi connectivity index (χ0v) is 26.9. The van der Waals surface area contributed by atoms with Crippen LogP contribution in [0.5, 0.6) is 5.75 Å². The molecular weight excluding hydrogens is 518 g/mol. The molecule has 0 aromatic heterocycles. The normalized spacial score (nSPS) is 23.2. The lowest BCUT2D eigenvalue weighted by atomic mass is 9.71. The molecule has 5 heteroatoms. The van der Waals surface area contributed by atoms with Gasteiger partial charge >= 0.3 is 0 Å². The molecule has 3 aliphatic heterocycles. The highest BCUT2D eigenvalue weighted by Crippen LogP contribution is 2.40. The first-order valence-electron chi connectivity index (χ1n) is 16.9. The number of carbonyl (C=O) groups is 1. The number of ether oxygens (including phenoxy) is 1. The second kappa shape index (κ2) is 14.4. The Labute approximate surface area is 255 Å². The standard InChI is InChI=1S/C37H55N3O2/c1-29(2)42-34-12-10-11-32(26-34)27-36(41)40-21-9-6-17-37(28-40,35-25-30(3)13-14-31(35)4)18-24-38-22-15-33(16-23-38)39-19-7-5-8-20-39/h10-14,25-26,29,33H,5-9,15-24,27-28H2,1-4H3/t37-/m1/s1. The van der Waals surface area contributed by atoms with E-state index in [1.807, 2.05) is 32.0 Å². The van der Waals surface area contributed by atoms with E-state index in [4.69, 9.17) is 4.74 Å². The molecule has 0 saturated carbocycles. The number of carbonyl (C=O) groups excluding carboxylic acids is 1. The van der Waals surface area contributed by atoms with Gasteiger partial charge in [0.05, 0.1) is 12.5 Å². The van der Waals surface area contributed by atoms with Gasteiger partial charge in [0.15, 0.2) is 0 Å². The quantitative estimate of drug-likeness (QED) is 0.326. The molecule has 0 N–H and O–H groups in total. The van der Waals surface area contributed by atoms with Crippen LogP contribution in [-0.2, 0) is 16.6 Å². The van der Waals surface area contributed by atoms with Crippen molar-refractivity contribution < 1.29 is 9.53 Å². The highest BCUT2D eigenvalue weighted by Gasteiger charge is 2.39. The minimum Gasteiger partial charge on any atom is -0.491 e. The maximum Gasteiger partial charge on any atom is 0.227 e. The van der Waals surface area contributed by atoms with Gasteiger partial charge in [-0.25, -0.2) is 0 Å². The summed E-state index contributed by atoms with van der Waals surface area (Å²) in [6.45, 7) is 16.4. The largest absolute Gasteiger partial charge is 0.491 e. The summed E-state index contributed by atoms with van der Waals surface area (Å²) in [5.74, 6) is 1.09. The molecule has 3 heterocycles. The summed E-state index contributed by atoms with van der Waals surface area (Å²) in [6.07, 6.45) is 11.9. The van der Waals surface area contributed by atoms with E-state index < -0.39 is 0 Å². The molecule has 5 nitrogen and oxygen atoms in total. The molecule has 1 amide bonds. The predicted octanol–water partition coefficient (Wildman–Crippen LogP) is 6.92. The van der Waals surface area contributed by atoms with Gasteiger partial charge in [-0.05, 0) is 134 Å². The van der Waals surface area contributed by atoms with Crippen molar-refractivity contribution in [3.05, 3.63) is 64.7 Å². The Balaban J connectivity index is 1.30. The Bertz CT molecular complexity index is 1170. The highest BCUT2D eigenvalue weighted by atomic mass is 16.5. The van der Waals surface area contributed by atoms with Crippen LogP contribution in [0.1, 0.15) is 93.9 Å². The van der Waals surface area contributed by atoms with Crippen LogP contribution in [0.2, 0.25) is 0 Å². The molecule has 0 bridgehead atoms. The van der Waals surface area contributed by atoms with Crippen LogP contribution >= 0.6 is 0 Å². The zero-order valence-electron chi connectivity index (χ0n) is 26.9. The van der Waals surface area contributed by atoms with Crippen molar-refractivity contribution >= 4 is 5.91 Å². The Morgan fingerprint density at radius 3 is 2.45 bits per heavy atom. The van der Waals surface area contributed by atoms with Crippen LogP contribution in [0.4, 0.5) is 0 Å². The highest BCUT2D eigenvalue weighted by molar-refractivity contribution is 5.79. The number of hydrogen-bond acceptors (Lipinski definition) is 4. The number of piperidine rings is 2. The van der Waals surface area contributed by atoms with E-state index in [1.165, 1.54) is 81.4 Å². The summed E-state index contributed by atoms with van der Waals surface area (Å²) in [5.41, 5.74) is 5.20. The van der Waals surface area contributed by atoms with Crippen molar-refractivity contribution in [3.63, 3.8) is 0 Å². The lowest BCUT2D eigenvalue weighted by molar-refractivity contribution is -0.131. The van der Waals surface area contributed by atoms with Gasteiger partial charge in [-0.3, -0.25) is 4.79 Å². The van der Waals surface area contributed by atoms with Crippen LogP contribution in [0.15, 0.2) is 42.5 Å². The van der Waals surface area contributed by atoms with Crippen molar-refractivity contribution in [1.29, 1.82) is 0 Å². The minimum atomic E-state index is -0.00537. The fourth-order valence-electron chi connectivity index (χ4n) is 7.82. The van der Waals surface area contributed by atoms with Gasteiger partial charge in [0.1, 0.15) is 5.75 Å². The Morgan fingerprint density at radius 2 is 1.69 bits per heavy atom. The fourth-order valence-corrected chi connectivity index (χ4v) is 7.82. The molecule has 0 aliphatic carbocycles. The average molecular weight is 574 g/mol. The molecule has 0 radical (unpaired) electrons. The smallest absolute Gasteiger partial charge is 0.227 e. The Morgan fingerprint density at radius 1 is 0.929 bits per heavy atom. The summed E-state index contributed by atoms with van der Waals surface area (Å²) in [6, 6.07) is 15.9. The van der Waals surface area contributed by atoms with Gasteiger partial charge in [0.25, 0.3) is 0 Å². The van der Waals surface area contributed by atoms with E-state index in [1.54, 1.807) is 0 Å². The van der Waals surface area contributed by atoms with Gasteiger partial charge in [-0.2, -0.15) is 0 Å². The molecule has 3 aliphatic rings. The minimum absolute atomic E-state index is 0.00537. The molecule has 230 valence electrons. The molecule has 0 unspecified atom stereocenters. The first-order valence-corrected chi connectivity index (χ1v) is 16.9. The number of nitrogens with zero attached hydrogens (tertiary/aromatic N) is 3. The van der Waals surface area contributed by atoms with E-state index in [-0.39, 0.29) is 17.4 Å². The van der Waals surface area contributed by atoms with Crippen molar-refractivity contribution in [2.45, 2.75) is 109 Å². The van der Waals surface area contributed by atoms with Crippen LogP contribution in [0.3, 0.4) is 0 Å². The van der Waals surface area contributed by atoms with Crippen LogP contribution in [0.25, 0.3) is 0 Å². The third-order valence-electron chi connectivity index (χ3n) is 10.1. The van der Waals surface area contributed by atoms with Crippen LogP contribution in [-0.4, -0.2) is 78.6 Å². The average Bonchev–Trinajstić information content (AvgIpc) is 3.22. The number of benzene rings is 2. The van der Waals surface area contributed by atoms with Gasteiger partial charge in [0.2, 0.25) is 5.91 Å². The third-order valence-corrected chi connectivity index (χ3v) is 10.1. The van der Waals surface area contributed by atoms with E-state index in [2.05, 4.69) is 52.8 Å². The Kier molecular flexibility index (Phi) is 10.7. The van der Waals surface area contributed by atoms with Gasteiger partial charge in [-0.15, -0.1) is 0 Å². The van der Waals surface area contributed by atoms with E-state index >= 15 is 0 Å². The monoisotopic (exact) mass is 573 g/mol. The second-order valence-electron chi connectivity index (χ2n) is 13.8. The lowest BCUT2D eigenvalue weighted by Gasteiger charge is -2.43. The predicted molar refractivity (Wildman–Crippen MR) is 173 cm³/mol. The number of amides is 1. The summed E-state index contributed by atoms with van der Waals surface area (Å²) >= 11 is 0. The maximum absolute atomic E-state index is 13.9. The molecule has 3 fully saturated rings. The van der Waals surface area contributed by atoms with Gasteiger partial charge < -0.3 is 19.4 Å². The van der Waals surface area contributed by atoms with Gasteiger partial charge in [-0.1, -0.05) is 48.7 Å². The van der Waals surface area contributed by atoms with Crippen molar-refractivity contribution in [1.82, 2.24) is 14.7 Å². The number of aryl methyl sites for hydroxylation is 2. The zero-order chi connectivity index (χ0) is 29.5. The van der Waals surface area contributed by atoms with Crippen LogP contribution in [0, 0.1) is 13.8 Å². The first kappa shape index (κ1) is 31.1. The second-order valence-corrected chi connectivity index (χ2v) is 13.8. The maximum atomic E-state index is 13.9. The molecule has 1 atom stereocenters. The molecule has 3 saturated heterocycles. The van der Waals surface area contributed by atoms with Crippen molar-refractivity contribution in [2.75, 3.05) is 45.8 Å². The van der Waals surface area contributed by atoms with E-state index in [0.29, 0.717) is 6.42 Å².